The smallest absolute Gasteiger partial charge is 0.387 e. The van der Waals surface area contributed by atoms with E-state index in [0.717, 1.165) is 35.3 Å². The van der Waals surface area contributed by atoms with Gasteiger partial charge in [0.15, 0.2) is 5.96 Å². The number of hydrogen-bond acceptors (Lipinski definition) is 3. The number of unbranched alkanes of at least 4 members (excludes halogenated alkanes) is 1. The number of rotatable bonds is 8. The van der Waals surface area contributed by atoms with Crippen LogP contribution in [0.5, 0.6) is 5.75 Å². The fraction of sp³-hybridized carbons (Fsp3) is 0.333. The van der Waals surface area contributed by atoms with E-state index < -0.39 is 12.5 Å². The topological polar surface area (TPSA) is 79.4 Å². The number of nitrogens with two attached hydrogens (primary N) is 1. The molecule has 3 N–H and O–H groups in total. The highest BCUT2D eigenvalue weighted by Gasteiger charge is 2.27. The molecule has 0 spiro atoms. The number of carbonyl (C=O) groups is 1. The van der Waals surface area contributed by atoms with Crippen LogP contribution in [-0.4, -0.2) is 30.4 Å². The van der Waals surface area contributed by atoms with Crippen LogP contribution in [0.3, 0.4) is 0 Å². The third-order valence-corrected chi connectivity index (χ3v) is 4.48. The standard InChI is InChI=1S/C21H25F2N3O2/c1-3-4-6-14-7-5-8-16(13-14)18(19(27)26(2)21(24)25)15-9-11-17(12-10-15)28-20(22)23/h5,7-13,18,20H,3-4,6H2,1-2H3,(H3,24,25). The van der Waals surface area contributed by atoms with Gasteiger partial charge in [-0.15, -0.1) is 0 Å². The third-order valence-electron chi connectivity index (χ3n) is 4.48. The number of aryl methyl sites for hydroxylation is 1. The summed E-state index contributed by atoms with van der Waals surface area (Å²) >= 11 is 0. The lowest BCUT2D eigenvalue weighted by Gasteiger charge is -2.24. The van der Waals surface area contributed by atoms with E-state index in [-0.39, 0.29) is 17.6 Å². The van der Waals surface area contributed by atoms with Crippen LogP contribution in [0.1, 0.15) is 42.4 Å². The van der Waals surface area contributed by atoms with Gasteiger partial charge in [0.25, 0.3) is 0 Å². The largest absolute Gasteiger partial charge is 0.435 e. The molecule has 28 heavy (non-hydrogen) atoms. The first-order valence-corrected chi connectivity index (χ1v) is 9.08. The molecule has 1 unspecified atom stereocenters. The molecule has 0 bridgehead atoms. The Morgan fingerprint density at radius 2 is 1.86 bits per heavy atom. The van der Waals surface area contributed by atoms with Crippen molar-refractivity contribution in [2.45, 2.75) is 38.7 Å². The minimum atomic E-state index is -2.91. The molecule has 2 aromatic rings. The summed E-state index contributed by atoms with van der Waals surface area (Å²) in [5.74, 6) is -1.44. The lowest BCUT2D eigenvalue weighted by atomic mass is 9.88. The number of likely N-dealkylation sites (N-methyl/N-ethyl adjacent to an activating group) is 1. The summed E-state index contributed by atoms with van der Waals surface area (Å²) in [6.07, 6.45) is 3.00. The second-order valence-electron chi connectivity index (χ2n) is 6.51. The summed E-state index contributed by atoms with van der Waals surface area (Å²) in [6.45, 7) is -0.802. The number of halogens is 2. The van der Waals surface area contributed by atoms with E-state index in [1.54, 1.807) is 12.1 Å². The van der Waals surface area contributed by atoms with Gasteiger partial charge in [-0.05, 0) is 41.7 Å². The number of nitrogens with zero attached hydrogens (tertiary/aromatic N) is 1. The number of guanidine groups is 1. The zero-order valence-corrected chi connectivity index (χ0v) is 16.0. The molecule has 150 valence electrons. The first-order valence-electron chi connectivity index (χ1n) is 9.08. The highest BCUT2D eigenvalue weighted by atomic mass is 19.3. The number of ether oxygens (including phenoxy) is 1. The van der Waals surface area contributed by atoms with Crippen molar-refractivity contribution in [1.29, 1.82) is 5.41 Å². The zero-order chi connectivity index (χ0) is 20.7. The Hall–Kier alpha value is -2.96. The van der Waals surface area contributed by atoms with E-state index in [1.165, 1.54) is 19.2 Å². The Labute approximate surface area is 163 Å². The third kappa shape index (κ3) is 5.52. The van der Waals surface area contributed by atoms with Crippen LogP contribution >= 0.6 is 0 Å². The van der Waals surface area contributed by atoms with Crippen LogP contribution in [0.15, 0.2) is 48.5 Å². The molecule has 1 amide bonds. The van der Waals surface area contributed by atoms with E-state index in [4.69, 9.17) is 11.1 Å². The SMILES string of the molecule is CCCCc1cccc(C(C(=O)N(C)C(=N)N)c2ccc(OC(F)F)cc2)c1. The van der Waals surface area contributed by atoms with Crippen molar-refractivity contribution in [2.75, 3.05) is 7.05 Å². The van der Waals surface area contributed by atoms with Gasteiger partial charge in [0, 0.05) is 7.05 Å². The maximum atomic E-state index is 13.0. The molecule has 0 aliphatic heterocycles. The maximum Gasteiger partial charge on any atom is 0.387 e. The number of nitrogens with one attached hydrogen (secondary N) is 1. The van der Waals surface area contributed by atoms with E-state index in [2.05, 4.69) is 11.7 Å². The molecule has 0 saturated heterocycles. The average Bonchev–Trinajstić information content (AvgIpc) is 2.67. The lowest BCUT2D eigenvalue weighted by molar-refractivity contribution is -0.127. The summed E-state index contributed by atoms with van der Waals surface area (Å²) in [5, 5.41) is 7.57. The predicted octanol–water partition coefficient (Wildman–Crippen LogP) is 4.11. The number of benzene rings is 2. The van der Waals surface area contributed by atoms with Crippen molar-refractivity contribution in [3.8, 4) is 5.75 Å². The van der Waals surface area contributed by atoms with E-state index in [0.29, 0.717) is 5.56 Å². The molecular formula is C21H25F2N3O2. The Balaban J connectivity index is 2.43. The van der Waals surface area contributed by atoms with Crippen molar-refractivity contribution in [1.82, 2.24) is 4.90 Å². The molecular weight excluding hydrogens is 364 g/mol. The van der Waals surface area contributed by atoms with Crippen molar-refractivity contribution in [3.63, 3.8) is 0 Å². The molecule has 2 rings (SSSR count). The van der Waals surface area contributed by atoms with Crippen LogP contribution in [0.25, 0.3) is 0 Å². The number of alkyl halides is 2. The molecule has 0 fully saturated rings. The fourth-order valence-electron chi connectivity index (χ4n) is 2.94. The summed E-state index contributed by atoms with van der Waals surface area (Å²) in [7, 11) is 1.44. The average molecular weight is 389 g/mol. The van der Waals surface area contributed by atoms with Gasteiger partial charge in [0.1, 0.15) is 5.75 Å². The summed E-state index contributed by atoms with van der Waals surface area (Å²) < 4.78 is 29.2. The Bertz CT molecular complexity index is 810. The normalized spacial score (nSPS) is 11.9. The van der Waals surface area contributed by atoms with Crippen molar-refractivity contribution in [2.24, 2.45) is 5.73 Å². The van der Waals surface area contributed by atoms with Gasteiger partial charge in [0.05, 0.1) is 5.92 Å². The zero-order valence-electron chi connectivity index (χ0n) is 16.0. The molecule has 0 heterocycles. The summed E-state index contributed by atoms with van der Waals surface area (Å²) in [5.41, 5.74) is 7.96. The number of amides is 1. The van der Waals surface area contributed by atoms with Crippen molar-refractivity contribution >= 4 is 11.9 Å². The van der Waals surface area contributed by atoms with Gasteiger partial charge in [-0.25, -0.2) is 0 Å². The Morgan fingerprint density at radius 3 is 2.43 bits per heavy atom. The van der Waals surface area contributed by atoms with Crippen molar-refractivity contribution in [3.05, 3.63) is 65.2 Å². The fourth-order valence-corrected chi connectivity index (χ4v) is 2.94. The van der Waals surface area contributed by atoms with Gasteiger partial charge in [-0.3, -0.25) is 15.1 Å². The maximum absolute atomic E-state index is 13.0. The molecule has 0 aliphatic rings. The molecule has 0 saturated carbocycles. The van der Waals surface area contributed by atoms with Crippen LogP contribution in [0.4, 0.5) is 8.78 Å². The molecule has 0 radical (unpaired) electrons. The number of hydrogen-bond donors (Lipinski definition) is 2. The number of carbonyl (C=O) groups excluding carboxylic acids is 1. The van der Waals surface area contributed by atoms with Gasteiger partial charge in [-0.2, -0.15) is 8.78 Å². The monoisotopic (exact) mass is 389 g/mol. The van der Waals surface area contributed by atoms with Crippen LogP contribution in [0.2, 0.25) is 0 Å². The molecule has 1 atom stereocenters. The highest BCUT2D eigenvalue weighted by Crippen LogP contribution is 2.29. The molecule has 7 heteroatoms. The quantitative estimate of drug-likeness (QED) is 0.527. The lowest BCUT2D eigenvalue weighted by Crippen LogP contribution is -2.41. The van der Waals surface area contributed by atoms with Gasteiger partial charge < -0.3 is 10.5 Å². The Morgan fingerprint density at radius 1 is 1.18 bits per heavy atom. The highest BCUT2D eigenvalue weighted by molar-refractivity contribution is 5.99. The molecule has 5 nitrogen and oxygen atoms in total. The van der Waals surface area contributed by atoms with Crippen LogP contribution in [0, 0.1) is 5.41 Å². The predicted molar refractivity (Wildman–Crippen MR) is 105 cm³/mol. The first-order chi connectivity index (χ1) is 13.3. The molecule has 2 aromatic carbocycles. The van der Waals surface area contributed by atoms with E-state index in [9.17, 15) is 13.6 Å². The summed E-state index contributed by atoms with van der Waals surface area (Å²) in [6, 6.07) is 13.7. The molecule has 0 aliphatic carbocycles. The van der Waals surface area contributed by atoms with Crippen LogP contribution in [-0.2, 0) is 11.2 Å². The summed E-state index contributed by atoms with van der Waals surface area (Å²) in [4.78, 5) is 14.1. The minimum absolute atomic E-state index is 0.0153. The van der Waals surface area contributed by atoms with Crippen molar-refractivity contribution < 1.29 is 18.3 Å². The van der Waals surface area contributed by atoms with Crippen LogP contribution < -0.4 is 10.5 Å². The first kappa shape index (κ1) is 21.3. The van der Waals surface area contributed by atoms with Gasteiger partial charge in [0.2, 0.25) is 5.91 Å². The van der Waals surface area contributed by atoms with Gasteiger partial charge >= 0.3 is 6.61 Å². The van der Waals surface area contributed by atoms with Gasteiger partial charge in [-0.1, -0.05) is 49.7 Å². The molecule has 0 aromatic heterocycles. The Kier molecular flexibility index (Phi) is 7.49. The van der Waals surface area contributed by atoms with E-state index in [1.807, 2.05) is 24.3 Å². The second kappa shape index (κ2) is 9.82. The minimum Gasteiger partial charge on any atom is -0.435 e. The van der Waals surface area contributed by atoms with E-state index >= 15 is 0 Å². The second-order valence-corrected chi connectivity index (χ2v) is 6.51.